The maximum absolute atomic E-state index is 11.6. The van der Waals surface area contributed by atoms with Crippen LogP contribution in [0.4, 0.5) is 0 Å². The van der Waals surface area contributed by atoms with Crippen LogP contribution in [0.25, 0.3) is 0 Å². The first-order valence-corrected chi connectivity index (χ1v) is 6.26. The lowest BCUT2D eigenvalue weighted by molar-refractivity contribution is 0.369. The van der Waals surface area contributed by atoms with Gasteiger partial charge in [-0.25, -0.2) is 4.72 Å². The Kier molecular flexibility index (Phi) is 2.99. The summed E-state index contributed by atoms with van der Waals surface area (Å²) < 4.78 is 27.1. The molecule has 0 aliphatic carbocycles. The molecule has 1 N–H and O–H groups in total. The molecule has 0 amide bonds. The number of pyridine rings is 1. The molecule has 0 spiro atoms. The fraction of sp³-hybridized carbons (Fsp3) is 0.444. The summed E-state index contributed by atoms with van der Waals surface area (Å²) in [6.45, 7) is 1.50. The third-order valence-corrected chi connectivity index (χ3v) is 3.85. The number of nitrogens with one attached hydrogen (secondary N) is 1. The Bertz CT molecular complexity index is 418. The summed E-state index contributed by atoms with van der Waals surface area (Å²) in [7, 11) is -3.27. The van der Waals surface area contributed by atoms with E-state index in [-0.39, 0.29) is 0 Å². The second-order valence-corrected chi connectivity index (χ2v) is 5.20. The molecule has 1 aromatic rings. The average Bonchev–Trinajstić information content (AvgIpc) is 2.23. The molecule has 0 unspecified atom stereocenters. The van der Waals surface area contributed by atoms with Crippen LogP contribution in [0.1, 0.15) is 12.0 Å². The minimum atomic E-state index is -3.27. The van der Waals surface area contributed by atoms with Crippen molar-refractivity contribution in [2.75, 3.05) is 13.1 Å². The predicted octanol–water partition coefficient (Wildman–Crippen LogP) is 0.122. The van der Waals surface area contributed by atoms with Crippen molar-refractivity contribution < 1.29 is 8.42 Å². The van der Waals surface area contributed by atoms with E-state index in [2.05, 4.69) is 9.71 Å². The standard InChI is InChI=1S/C9H13N3O2S/c13-15(14)11-5-2-6-12(15)8-9-3-1-4-10-7-9/h1,3-4,7,11H,2,5-6,8H2. The van der Waals surface area contributed by atoms with E-state index in [9.17, 15) is 8.42 Å². The number of rotatable bonds is 2. The first-order valence-electron chi connectivity index (χ1n) is 4.82. The van der Waals surface area contributed by atoms with Crippen molar-refractivity contribution in [3.05, 3.63) is 30.1 Å². The molecule has 0 bridgehead atoms. The van der Waals surface area contributed by atoms with Gasteiger partial charge in [0, 0.05) is 32.0 Å². The van der Waals surface area contributed by atoms with Gasteiger partial charge >= 0.3 is 0 Å². The largest absolute Gasteiger partial charge is 0.279 e. The van der Waals surface area contributed by atoms with Crippen LogP contribution in [-0.4, -0.2) is 30.8 Å². The maximum atomic E-state index is 11.6. The van der Waals surface area contributed by atoms with Gasteiger partial charge in [0.05, 0.1) is 0 Å². The van der Waals surface area contributed by atoms with Crippen molar-refractivity contribution in [2.45, 2.75) is 13.0 Å². The monoisotopic (exact) mass is 227 g/mol. The van der Waals surface area contributed by atoms with E-state index in [0.717, 1.165) is 12.0 Å². The second kappa shape index (κ2) is 4.26. The molecular formula is C9H13N3O2S. The third kappa shape index (κ3) is 2.53. The molecule has 0 saturated carbocycles. The Hall–Kier alpha value is -0.980. The molecule has 15 heavy (non-hydrogen) atoms. The number of hydrogen-bond donors (Lipinski definition) is 1. The maximum Gasteiger partial charge on any atom is 0.279 e. The average molecular weight is 227 g/mol. The molecule has 0 atom stereocenters. The smallest absolute Gasteiger partial charge is 0.264 e. The van der Waals surface area contributed by atoms with Crippen molar-refractivity contribution in [3.8, 4) is 0 Å². The quantitative estimate of drug-likeness (QED) is 0.780. The van der Waals surface area contributed by atoms with Crippen LogP contribution in [-0.2, 0) is 16.8 Å². The molecule has 2 rings (SSSR count). The highest BCUT2D eigenvalue weighted by Crippen LogP contribution is 2.10. The van der Waals surface area contributed by atoms with E-state index in [4.69, 9.17) is 0 Å². The van der Waals surface area contributed by atoms with Gasteiger partial charge < -0.3 is 0 Å². The highest BCUT2D eigenvalue weighted by Gasteiger charge is 2.24. The zero-order valence-corrected chi connectivity index (χ0v) is 9.07. The van der Waals surface area contributed by atoms with Gasteiger partial charge in [-0.15, -0.1) is 0 Å². The molecule has 1 fully saturated rings. The van der Waals surface area contributed by atoms with Gasteiger partial charge in [0.15, 0.2) is 0 Å². The summed E-state index contributed by atoms with van der Waals surface area (Å²) in [4.78, 5) is 3.96. The van der Waals surface area contributed by atoms with Gasteiger partial charge in [-0.05, 0) is 18.1 Å². The minimum Gasteiger partial charge on any atom is -0.264 e. The Morgan fingerprint density at radius 1 is 1.53 bits per heavy atom. The van der Waals surface area contributed by atoms with Gasteiger partial charge in [-0.1, -0.05) is 6.07 Å². The molecule has 1 aliphatic heterocycles. The number of hydrogen-bond acceptors (Lipinski definition) is 3. The van der Waals surface area contributed by atoms with E-state index in [1.807, 2.05) is 6.07 Å². The van der Waals surface area contributed by atoms with Crippen molar-refractivity contribution in [2.24, 2.45) is 0 Å². The molecule has 1 aromatic heterocycles. The van der Waals surface area contributed by atoms with Crippen molar-refractivity contribution in [1.82, 2.24) is 14.0 Å². The van der Waals surface area contributed by atoms with E-state index in [1.165, 1.54) is 4.31 Å². The molecule has 6 heteroatoms. The lowest BCUT2D eigenvalue weighted by atomic mass is 10.3. The van der Waals surface area contributed by atoms with Crippen molar-refractivity contribution in [3.63, 3.8) is 0 Å². The highest BCUT2D eigenvalue weighted by atomic mass is 32.2. The lowest BCUT2D eigenvalue weighted by Gasteiger charge is -2.26. The van der Waals surface area contributed by atoms with Crippen LogP contribution in [0.3, 0.4) is 0 Å². The summed E-state index contributed by atoms with van der Waals surface area (Å²) in [5.74, 6) is 0. The van der Waals surface area contributed by atoms with E-state index in [1.54, 1.807) is 18.5 Å². The van der Waals surface area contributed by atoms with Gasteiger partial charge in [-0.2, -0.15) is 12.7 Å². The van der Waals surface area contributed by atoms with Gasteiger partial charge in [0.25, 0.3) is 10.2 Å². The van der Waals surface area contributed by atoms with Crippen molar-refractivity contribution >= 4 is 10.2 Å². The number of aromatic nitrogens is 1. The van der Waals surface area contributed by atoms with Crippen LogP contribution in [0.2, 0.25) is 0 Å². The molecular weight excluding hydrogens is 214 g/mol. The van der Waals surface area contributed by atoms with Crippen LogP contribution in [0, 0.1) is 0 Å². The van der Waals surface area contributed by atoms with E-state index >= 15 is 0 Å². The fourth-order valence-corrected chi connectivity index (χ4v) is 2.80. The number of nitrogens with zero attached hydrogens (tertiary/aromatic N) is 2. The van der Waals surface area contributed by atoms with Gasteiger partial charge in [0.1, 0.15) is 0 Å². The summed E-state index contributed by atoms with van der Waals surface area (Å²) >= 11 is 0. The third-order valence-electron chi connectivity index (χ3n) is 2.29. The summed E-state index contributed by atoms with van der Waals surface area (Å²) in [6, 6.07) is 3.68. The summed E-state index contributed by atoms with van der Waals surface area (Å²) in [5.41, 5.74) is 0.907. The minimum absolute atomic E-state index is 0.392. The van der Waals surface area contributed by atoms with Crippen LogP contribution in [0.15, 0.2) is 24.5 Å². The van der Waals surface area contributed by atoms with Crippen molar-refractivity contribution in [1.29, 1.82) is 0 Å². The molecule has 1 aliphatic rings. The molecule has 2 heterocycles. The topological polar surface area (TPSA) is 62.3 Å². The fourth-order valence-electron chi connectivity index (χ4n) is 1.53. The Labute approximate surface area is 89.3 Å². The zero-order valence-electron chi connectivity index (χ0n) is 8.26. The Balaban J connectivity index is 2.12. The predicted molar refractivity (Wildman–Crippen MR) is 56.2 cm³/mol. The SMILES string of the molecule is O=S1(=O)NCCCN1Cc1cccnc1. The van der Waals surface area contributed by atoms with Crippen LogP contribution >= 0.6 is 0 Å². The molecule has 82 valence electrons. The van der Waals surface area contributed by atoms with Gasteiger partial charge in [-0.3, -0.25) is 4.98 Å². The Morgan fingerprint density at radius 2 is 2.40 bits per heavy atom. The molecule has 1 saturated heterocycles. The first kappa shape index (κ1) is 10.5. The van der Waals surface area contributed by atoms with Crippen LogP contribution < -0.4 is 4.72 Å². The normalized spacial score (nSPS) is 21.3. The zero-order chi connectivity index (χ0) is 10.7. The first-order chi connectivity index (χ1) is 7.18. The molecule has 0 radical (unpaired) electrons. The summed E-state index contributed by atoms with van der Waals surface area (Å²) in [6.07, 6.45) is 4.20. The Morgan fingerprint density at radius 3 is 3.07 bits per heavy atom. The molecule has 5 nitrogen and oxygen atoms in total. The molecule has 0 aromatic carbocycles. The second-order valence-electron chi connectivity index (χ2n) is 3.45. The highest BCUT2D eigenvalue weighted by molar-refractivity contribution is 7.87. The summed E-state index contributed by atoms with van der Waals surface area (Å²) in [5, 5.41) is 0. The van der Waals surface area contributed by atoms with Crippen LogP contribution in [0.5, 0.6) is 0 Å². The van der Waals surface area contributed by atoms with Gasteiger partial charge in [0.2, 0.25) is 0 Å². The van der Waals surface area contributed by atoms with E-state index < -0.39 is 10.2 Å². The lowest BCUT2D eigenvalue weighted by Crippen LogP contribution is -2.46. The van der Waals surface area contributed by atoms with E-state index in [0.29, 0.717) is 19.6 Å².